The monoisotopic (exact) mass is 168 g/mol. The molecule has 0 bridgehead atoms. The minimum atomic E-state index is 0.853. The molecule has 0 amide bonds. The van der Waals surface area contributed by atoms with Gasteiger partial charge in [0, 0.05) is 19.1 Å². The third-order valence-electron chi connectivity index (χ3n) is 3.49. The van der Waals surface area contributed by atoms with Crippen LogP contribution in [0.5, 0.6) is 0 Å². The molecular formula is C10H20N2. The molecule has 2 fully saturated rings. The second-order valence-corrected chi connectivity index (χ2v) is 4.57. The molecule has 12 heavy (non-hydrogen) atoms. The van der Waals surface area contributed by atoms with Gasteiger partial charge in [-0.1, -0.05) is 13.8 Å². The van der Waals surface area contributed by atoms with Crippen LogP contribution in [0.3, 0.4) is 0 Å². The molecule has 0 aliphatic carbocycles. The summed E-state index contributed by atoms with van der Waals surface area (Å²) in [7, 11) is 0. The Morgan fingerprint density at radius 1 is 1.33 bits per heavy atom. The summed E-state index contributed by atoms with van der Waals surface area (Å²) in [4.78, 5) is 0. The van der Waals surface area contributed by atoms with Crippen LogP contribution in [0.2, 0.25) is 0 Å². The molecule has 0 radical (unpaired) electrons. The molecule has 1 N–H and O–H groups in total. The molecule has 0 aromatic rings. The van der Waals surface area contributed by atoms with Crippen LogP contribution < -0.4 is 5.43 Å². The van der Waals surface area contributed by atoms with Crippen molar-refractivity contribution in [3.8, 4) is 0 Å². The Bertz CT molecular complexity index is 156. The highest BCUT2D eigenvalue weighted by Gasteiger charge is 2.32. The molecule has 70 valence electrons. The number of hydrogen-bond donors (Lipinski definition) is 1. The lowest BCUT2D eigenvalue weighted by molar-refractivity contribution is 0.0912. The van der Waals surface area contributed by atoms with Crippen LogP contribution in [0.15, 0.2) is 0 Å². The van der Waals surface area contributed by atoms with Crippen molar-refractivity contribution in [3.63, 3.8) is 0 Å². The van der Waals surface area contributed by atoms with Gasteiger partial charge in [-0.2, -0.15) is 0 Å². The minimum Gasteiger partial charge on any atom is -0.255 e. The van der Waals surface area contributed by atoms with Crippen LogP contribution in [0.1, 0.15) is 33.1 Å². The van der Waals surface area contributed by atoms with E-state index in [1.54, 1.807) is 0 Å². The first-order valence-electron chi connectivity index (χ1n) is 5.27. The zero-order valence-corrected chi connectivity index (χ0v) is 8.21. The summed E-state index contributed by atoms with van der Waals surface area (Å²) < 4.78 is 0. The molecule has 2 rings (SSSR count). The van der Waals surface area contributed by atoms with Gasteiger partial charge in [0.15, 0.2) is 0 Å². The van der Waals surface area contributed by atoms with Crippen LogP contribution in [0, 0.1) is 11.8 Å². The highest BCUT2D eigenvalue weighted by Crippen LogP contribution is 2.30. The summed E-state index contributed by atoms with van der Waals surface area (Å²) in [6.07, 6.45) is 4.18. The molecule has 2 unspecified atom stereocenters. The Hall–Kier alpha value is -0.0800. The topological polar surface area (TPSA) is 15.3 Å². The molecule has 2 nitrogen and oxygen atoms in total. The van der Waals surface area contributed by atoms with Gasteiger partial charge in [0.2, 0.25) is 0 Å². The standard InChI is InChI=1S/C10H20N2/c1-8(2)9-4-6-12-10(7-9)3-5-11-12/h8-11H,3-7H2,1-2H3. The van der Waals surface area contributed by atoms with Gasteiger partial charge < -0.3 is 0 Å². The summed E-state index contributed by atoms with van der Waals surface area (Å²) in [5, 5.41) is 2.46. The second kappa shape index (κ2) is 3.35. The van der Waals surface area contributed by atoms with Crippen LogP contribution >= 0.6 is 0 Å². The van der Waals surface area contributed by atoms with Crippen molar-refractivity contribution in [3.05, 3.63) is 0 Å². The second-order valence-electron chi connectivity index (χ2n) is 4.57. The number of hydrazine groups is 1. The fourth-order valence-electron chi connectivity index (χ4n) is 2.54. The summed E-state index contributed by atoms with van der Waals surface area (Å²) >= 11 is 0. The number of piperidine rings is 1. The number of nitrogens with one attached hydrogen (secondary N) is 1. The van der Waals surface area contributed by atoms with Crippen molar-refractivity contribution >= 4 is 0 Å². The van der Waals surface area contributed by atoms with Gasteiger partial charge in [-0.25, -0.2) is 5.01 Å². The molecule has 0 saturated carbocycles. The van der Waals surface area contributed by atoms with E-state index in [0.29, 0.717) is 0 Å². The molecule has 0 spiro atoms. The minimum absolute atomic E-state index is 0.853. The predicted molar refractivity (Wildman–Crippen MR) is 50.7 cm³/mol. The van der Waals surface area contributed by atoms with E-state index in [0.717, 1.165) is 17.9 Å². The van der Waals surface area contributed by atoms with E-state index in [9.17, 15) is 0 Å². The van der Waals surface area contributed by atoms with Crippen molar-refractivity contribution in [2.24, 2.45) is 11.8 Å². The van der Waals surface area contributed by atoms with Crippen molar-refractivity contribution in [1.29, 1.82) is 0 Å². The SMILES string of the molecule is CC(C)C1CCN2NCCC2C1. The highest BCUT2D eigenvalue weighted by atomic mass is 15.5. The Morgan fingerprint density at radius 2 is 2.17 bits per heavy atom. The maximum absolute atomic E-state index is 3.45. The smallest absolute Gasteiger partial charge is 0.0258 e. The van der Waals surface area contributed by atoms with E-state index >= 15 is 0 Å². The maximum Gasteiger partial charge on any atom is 0.0258 e. The van der Waals surface area contributed by atoms with Gasteiger partial charge in [0.25, 0.3) is 0 Å². The lowest BCUT2D eigenvalue weighted by Crippen LogP contribution is -2.44. The molecule has 2 aliphatic heterocycles. The van der Waals surface area contributed by atoms with Gasteiger partial charge in [-0.05, 0) is 31.1 Å². The first-order chi connectivity index (χ1) is 5.77. The normalized spacial score (nSPS) is 37.2. The molecule has 2 saturated heterocycles. The fourth-order valence-corrected chi connectivity index (χ4v) is 2.54. The summed E-state index contributed by atoms with van der Waals surface area (Å²) in [6, 6.07) is 0.853. The van der Waals surface area contributed by atoms with Gasteiger partial charge in [-0.3, -0.25) is 5.43 Å². The third-order valence-corrected chi connectivity index (χ3v) is 3.49. The average molecular weight is 168 g/mol. The highest BCUT2D eigenvalue weighted by molar-refractivity contribution is 4.85. The molecule has 2 heterocycles. The van der Waals surface area contributed by atoms with Crippen LogP contribution in [-0.4, -0.2) is 24.1 Å². The first-order valence-corrected chi connectivity index (χ1v) is 5.27. The molecule has 2 heteroatoms. The first kappa shape index (κ1) is 8.52. The largest absolute Gasteiger partial charge is 0.255 e. The summed E-state index contributed by atoms with van der Waals surface area (Å²) in [5.41, 5.74) is 3.45. The zero-order valence-electron chi connectivity index (χ0n) is 8.21. The quantitative estimate of drug-likeness (QED) is 0.640. The van der Waals surface area contributed by atoms with Crippen LogP contribution in [-0.2, 0) is 0 Å². The third kappa shape index (κ3) is 1.50. The van der Waals surface area contributed by atoms with Gasteiger partial charge in [0.05, 0.1) is 0 Å². The fraction of sp³-hybridized carbons (Fsp3) is 1.00. The summed E-state index contributed by atoms with van der Waals surface area (Å²) in [5.74, 6) is 1.86. The number of hydrogen-bond acceptors (Lipinski definition) is 2. The van der Waals surface area contributed by atoms with Crippen molar-refractivity contribution < 1.29 is 0 Å². The predicted octanol–water partition coefficient (Wildman–Crippen LogP) is 1.63. The Kier molecular flexibility index (Phi) is 2.37. The lowest BCUT2D eigenvalue weighted by Gasteiger charge is -2.36. The Morgan fingerprint density at radius 3 is 2.92 bits per heavy atom. The number of fused-ring (bicyclic) bond motifs is 1. The zero-order chi connectivity index (χ0) is 8.55. The lowest BCUT2D eigenvalue weighted by atomic mass is 9.83. The van der Waals surface area contributed by atoms with E-state index in [1.807, 2.05) is 0 Å². The van der Waals surface area contributed by atoms with Gasteiger partial charge in [0.1, 0.15) is 0 Å². The van der Waals surface area contributed by atoms with E-state index in [2.05, 4.69) is 24.3 Å². The molecule has 2 atom stereocenters. The molecular weight excluding hydrogens is 148 g/mol. The van der Waals surface area contributed by atoms with Crippen molar-refractivity contribution in [1.82, 2.24) is 10.4 Å². The maximum atomic E-state index is 3.45. The molecule has 2 aliphatic rings. The average Bonchev–Trinajstić information content (AvgIpc) is 2.49. The van der Waals surface area contributed by atoms with E-state index in [4.69, 9.17) is 0 Å². The Labute approximate surface area is 75.3 Å². The number of rotatable bonds is 1. The van der Waals surface area contributed by atoms with Crippen LogP contribution in [0.4, 0.5) is 0 Å². The van der Waals surface area contributed by atoms with Crippen molar-refractivity contribution in [2.45, 2.75) is 39.2 Å². The van der Waals surface area contributed by atoms with E-state index in [-0.39, 0.29) is 0 Å². The number of nitrogens with zero attached hydrogens (tertiary/aromatic N) is 1. The van der Waals surface area contributed by atoms with Crippen molar-refractivity contribution in [2.75, 3.05) is 13.1 Å². The van der Waals surface area contributed by atoms with Crippen LogP contribution in [0.25, 0.3) is 0 Å². The Balaban J connectivity index is 1.92. The van der Waals surface area contributed by atoms with Gasteiger partial charge >= 0.3 is 0 Å². The van der Waals surface area contributed by atoms with E-state index < -0.39 is 0 Å². The molecule has 0 aromatic carbocycles. The molecule has 0 aromatic heterocycles. The van der Waals surface area contributed by atoms with Gasteiger partial charge in [-0.15, -0.1) is 0 Å². The van der Waals surface area contributed by atoms with E-state index in [1.165, 1.54) is 32.4 Å². The summed E-state index contributed by atoms with van der Waals surface area (Å²) in [6.45, 7) is 7.20.